The van der Waals surface area contributed by atoms with Gasteiger partial charge in [0.2, 0.25) is 12.7 Å². The van der Waals surface area contributed by atoms with Gasteiger partial charge in [-0.3, -0.25) is 24.8 Å². The molecule has 2 aliphatic heterocycles. The van der Waals surface area contributed by atoms with Gasteiger partial charge in [0.15, 0.2) is 16.6 Å². The maximum Gasteiger partial charge on any atom is 0.276 e. The van der Waals surface area contributed by atoms with Crippen molar-refractivity contribution in [2.24, 2.45) is 0 Å². The van der Waals surface area contributed by atoms with Gasteiger partial charge in [0, 0.05) is 42.3 Å². The summed E-state index contributed by atoms with van der Waals surface area (Å²) in [5, 5.41) is 6.26. The van der Waals surface area contributed by atoms with Gasteiger partial charge in [-0.25, -0.2) is 4.98 Å². The minimum absolute atomic E-state index is 0.101. The van der Waals surface area contributed by atoms with Crippen molar-refractivity contribution in [3.63, 3.8) is 0 Å². The first-order valence-electron chi connectivity index (χ1n) is 9.77. The molecule has 158 valence electrons. The van der Waals surface area contributed by atoms with Crippen LogP contribution in [-0.4, -0.2) is 46.6 Å². The van der Waals surface area contributed by atoms with E-state index in [2.05, 4.69) is 25.5 Å². The number of aromatic nitrogens is 2. The summed E-state index contributed by atoms with van der Waals surface area (Å²) in [7, 11) is 0. The van der Waals surface area contributed by atoms with E-state index in [1.807, 2.05) is 0 Å². The van der Waals surface area contributed by atoms with Crippen molar-refractivity contribution in [2.45, 2.75) is 13.0 Å². The fourth-order valence-electron chi connectivity index (χ4n) is 3.47. The van der Waals surface area contributed by atoms with Crippen molar-refractivity contribution < 1.29 is 19.1 Å². The summed E-state index contributed by atoms with van der Waals surface area (Å²) in [5.41, 5.74) is 1.98. The Morgan fingerprint density at radius 1 is 1.13 bits per heavy atom. The Hall–Kier alpha value is -3.50. The molecule has 0 saturated carbocycles. The second-order valence-electron chi connectivity index (χ2n) is 7.13. The first-order valence-corrected chi connectivity index (χ1v) is 10.6. The zero-order chi connectivity index (χ0) is 21.2. The van der Waals surface area contributed by atoms with E-state index in [4.69, 9.17) is 9.47 Å². The predicted molar refractivity (Wildman–Crippen MR) is 114 cm³/mol. The molecule has 31 heavy (non-hydrogen) atoms. The van der Waals surface area contributed by atoms with Crippen LogP contribution in [0, 0.1) is 0 Å². The van der Waals surface area contributed by atoms with Crippen LogP contribution in [0.2, 0.25) is 0 Å². The monoisotopic (exact) mass is 437 g/mol. The minimum Gasteiger partial charge on any atom is -0.454 e. The van der Waals surface area contributed by atoms with E-state index in [0.717, 1.165) is 23.5 Å². The highest BCUT2D eigenvalue weighted by molar-refractivity contribution is 7.15. The van der Waals surface area contributed by atoms with Gasteiger partial charge in [-0.05, 0) is 24.3 Å². The number of ether oxygens (including phenoxy) is 2. The van der Waals surface area contributed by atoms with Crippen LogP contribution in [0.5, 0.6) is 11.5 Å². The van der Waals surface area contributed by atoms with Crippen molar-refractivity contribution in [3.8, 4) is 11.5 Å². The minimum atomic E-state index is -0.286. The number of carbonyl (C=O) groups is 2. The van der Waals surface area contributed by atoms with Crippen LogP contribution in [0.15, 0.2) is 42.6 Å². The summed E-state index contributed by atoms with van der Waals surface area (Å²) in [6.07, 6.45) is 2.30. The molecule has 0 bridgehead atoms. The van der Waals surface area contributed by atoms with Crippen LogP contribution in [0.4, 0.5) is 10.8 Å². The standard InChI is InChI=1S/C21H19N5O4S/c27-19(23-13-4-5-16-17(9-13)30-12-29-16)11-26-8-6-14-18(10-26)31-21(24-14)25-20(28)15-3-1-2-7-22-15/h1-5,7,9H,6,8,10-12H2,(H,23,27)(H,24,25,28). The zero-order valence-electron chi connectivity index (χ0n) is 16.5. The Balaban J connectivity index is 1.18. The number of fused-ring (bicyclic) bond motifs is 2. The molecule has 3 aromatic rings. The third kappa shape index (κ3) is 4.35. The highest BCUT2D eigenvalue weighted by atomic mass is 32.1. The van der Waals surface area contributed by atoms with E-state index in [-0.39, 0.29) is 25.2 Å². The first-order chi connectivity index (χ1) is 15.1. The lowest BCUT2D eigenvalue weighted by Gasteiger charge is -2.25. The van der Waals surface area contributed by atoms with Gasteiger partial charge >= 0.3 is 0 Å². The fraction of sp³-hybridized carbons (Fsp3) is 0.238. The van der Waals surface area contributed by atoms with Crippen LogP contribution in [-0.2, 0) is 17.8 Å². The van der Waals surface area contributed by atoms with E-state index >= 15 is 0 Å². The summed E-state index contributed by atoms with van der Waals surface area (Å²) in [6, 6.07) is 10.5. The number of hydrogen-bond donors (Lipinski definition) is 2. The maximum atomic E-state index is 12.5. The summed E-state index contributed by atoms with van der Waals surface area (Å²) >= 11 is 1.43. The van der Waals surface area contributed by atoms with E-state index < -0.39 is 0 Å². The van der Waals surface area contributed by atoms with E-state index in [1.165, 1.54) is 11.3 Å². The number of carbonyl (C=O) groups excluding carboxylic acids is 2. The van der Waals surface area contributed by atoms with Gasteiger partial charge in [0.05, 0.1) is 12.2 Å². The number of pyridine rings is 1. The quantitative estimate of drug-likeness (QED) is 0.632. The molecule has 0 aliphatic carbocycles. The Kier molecular flexibility index (Phi) is 5.23. The lowest BCUT2D eigenvalue weighted by Crippen LogP contribution is -2.36. The SMILES string of the molecule is O=C(CN1CCc2nc(NC(=O)c3ccccn3)sc2C1)Nc1ccc2c(c1)OCO2. The molecule has 0 fully saturated rings. The fourth-order valence-corrected chi connectivity index (χ4v) is 4.52. The molecule has 0 saturated heterocycles. The lowest BCUT2D eigenvalue weighted by molar-refractivity contribution is -0.117. The molecule has 2 aliphatic rings. The number of thiazole rings is 1. The summed E-state index contributed by atoms with van der Waals surface area (Å²) < 4.78 is 10.6. The number of nitrogens with one attached hydrogen (secondary N) is 2. The molecule has 1 aromatic carbocycles. The third-order valence-corrected chi connectivity index (χ3v) is 5.95. The first kappa shape index (κ1) is 19.5. The van der Waals surface area contributed by atoms with Crippen LogP contribution < -0.4 is 20.1 Å². The van der Waals surface area contributed by atoms with Gasteiger partial charge in [0.25, 0.3) is 5.91 Å². The Morgan fingerprint density at radius 3 is 2.90 bits per heavy atom. The summed E-state index contributed by atoms with van der Waals surface area (Å²) in [6.45, 7) is 1.79. The third-order valence-electron chi connectivity index (χ3n) is 4.95. The van der Waals surface area contributed by atoms with Crippen molar-refractivity contribution in [1.29, 1.82) is 0 Å². The van der Waals surface area contributed by atoms with E-state index in [1.54, 1.807) is 42.6 Å². The molecular weight excluding hydrogens is 418 g/mol. The molecule has 5 rings (SSSR count). The topological polar surface area (TPSA) is 106 Å². The highest BCUT2D eigenvalue weighted by Crippen LogP contribution is 2.34. The largest absolute Gasteiger partial charge is 0.454 e. The molecular formula is C21H19N5O4S. The average Bonchev–Trinajstić information content (AvgIpc) is 3.39. The molecule has 4 heterocycles. The number of amides is 2. The lowest BCUT2D eigenvalue weighted by atomic mass is 10.2. The van der Waals surface area contributed by atoms with Gasteiger partial charge in [-0.15, -0.1) is 11.3 Å². The summed E-state index contributed by atoms with van der Waals surface area (Å²) in [4.78, 5) is 36.5. The Labute approximate surface area is 182 Å². The number of hydrogen-bond acceptors (Lipinski definition) is 8. The number of rotatable bonds is 5. The molecule has 0 unspecified atom stereocenters. The Bertz CT molecular complexity index is 1130. The molecule has 2 amide bonds. The molecule has 0 atom stereocenters. The Morgan fingerprint density at radius 2 is 2.03 bits per heavy atom. The molecule has 0 spiro atoms. The smallest absolute Gasteiger partial charge is 0.276 e. The number of nitrogens with zero attached hydrogens (tertiary/aromatic N) is 3. The van der Waals surface area contributed by atoms with Gasteiger partial charge in [0.1, 0.15) is 5.69 Å². The van der Waals surface area contributed by atoms with Crippen LogP contribution in [0.1, 0.15) is 21.1 Å². The number of anilines is 2. The second kappa shape index (κ2) is 8.32. The predicted octanol–water partition coefficient (Wildman–Crippen LogP) is 2.52. The normalized spacial score (nSPS) is 14.7. The van der Waals surface area contributed by atoms with Crippen molar-refractivity contribution in [2.75, 3.05) is 30.5 Å². The van der Waals surface area contributed by atoms with Gasteiger partial charge in [-0.2, -0.15) is 0 Å². The second-order valence-corrected chi connectivity index (χ2v) is 8.22. The van der Waals surface area contributed by atoms with Crippen molar-refractivity contribution in [3.05, 3.63) is 58.9 Å². The van der Waals surface area contributed by atoms with E-state index in [9.17, 15) is 9.59 Å². The highest BCUT2D eigenvalue weighted by Gasteiger charge is 2.23. The van der Waals surface area contributed by atoms with Crippen molar-refractivity contribution in [1.82, 2.24) is 14.9 Å². The maximum absolute atomic E-state index is 12.5. The van der Waals surface area contributed by atoms with Crippen LogP contribution >= 0.6 is 11.3 Å². The summed E-state index contributed by atoms with van der Waals surface area (Å²) in [5.74, 6) is 0.921. The van der Waals surface area contributed by atoms with Crippen LogP contribution in [0.3, 0.4) is 0 Å². The van der Waals surface area contributed by atoms with Crippen LogP contribution in [0.25, 0.3) is 0 Å². The number of benzene rings is 1. The molecule has 2 aromatic heterocycles. The van der Waals surface area contributed by atoms with E-state index in [0.29, 0.717) is 34.6 Å². The zero-order valence-corrected chi connectivity index (χ0v) is 17.3. The van der Waals surface area contributed by atoms with Gasteiger partial charge < -0.3 is 14.8 Å². The van der Waals surface area contributed by atoms with Crippen molar-refractivity contribution >= 4 is 34.0 Å². The molecule has 10 heteroatoms. The molecule has 9 nitrogen and oxygen atoms in total. The molecule has 0 radical (unpaired) electrons. The van der Waals surface area contributed by atoms with Gasteiger partial charge in [-0.1, -0.05) is 6.07 Å². The average molecular weight is 437 g/mol. The molecule has 2 N–H and O–H groups in total.